The van der Waals surface area contributed by atoms with Crippen molar-refractivity contribution in [2.24, 2.45) is 0 Å². The van der Waals surface area contributed by atoms with Crippen LogP contribution in [0.1, 0.15) is 16.8 Å². The van der Waals surface area contributed by atoms with E-state index in [0.29, 0.717) is 11.1 Å². The smallest absolute Gasteiger partial charge is 0.328 e. The van der Waals surface area contributed by atoms with Gasteiger partial charge in [0.2, 0.25) is 5.91 Å². The average molecular weight is 560 g/mol. The van der Waals surface area contributed by atoms with Gasteiger partial charge in [-0.1, -0.05) is 30.3 Å². The third-order valence-corrected chi connectivity index (χ3v) is 6.54. The molecule has 0 aliphatic heterocycles. The number of nitrogens with one attached hydrogen (secondary N) is 2. The maximum absolute atomic E-state index is 12.8. The molecule has 1 atom stereocenters. The highest BCUT2D eigenvalue weighted by atomic mass is 79.9. The fourth-order valence-corrected chi connectivity index (χ4v) is 4.38. The largest absolute Gasteiger partial charge is 0.467 e. The van der Waals surface area contributed by atoms with Gasteiger partial charge < -0.3 is 15.4 Å². The van der Waals surface area contributed by atoms with Gasteiger partial charge in [-0.05, 0) is 51.8 Å². The van der Waals surface area contributed by atoms with Gasteiger partial charge in [0.15, 0.2) is 9.84 Å². The van der Waals surface area contributed by atoms with Gasteiger partial charge in [-0.2, -0.15) is 0 Å². The third kappa shape index (κ3) is 6.96. The first-order chi connectivity index (χ1) is 16.6. The van der Waals surface area contributed by atoms with Crippen molar-refractivity contribution in [1.29, 1.82) is 0 Å². The summed E-state index contributed by atoms with van der Waals surface area (Å²) in [6, 6.07) is 14.8. The van der Waals surface area contributed by atoms with Crippen LogP contribution >= 0.6 is 15.9 Å². The Labute approximate surface area is 211 Å². The summed E-state index contributed by atoms with van der Waals surface area (Å²) in [5.41, 5.74) is 1.33. The third-order valence-electron chi connectivity index (χ3n) is 4.92. The van der Waals surface area contributed by atoms with E-state index in [1.165, 1.54) is 24.4 Å². The Kier molecular flexibility index (Phi) is 8.36. The Morgan fingerprint density at radius 1 is 1.03 bits per heavy atom. The Morgan fingerprint density at radius 2 is 1.71 bits per heavy atom. The van der Waals surface area contributed by atoms with E-state index < -0.39 is 33.7 Å². The number of benzene rings is 2. The van der Waals surface area contributed by atoms with E-state index in [1.54, 1.807) is 42.5 Å². The van der Waals surface area contributed by atoms with Crippen LogP contribution in [-0.2, 0) is 24.2 Å². The van der Waals surface area contributed by atoms with E-state index in [4.69, 9.17) is 4.74 Å². The first kappa shape index (κ1) is 26.0. The van der Waals surface area contributed by atoms with E-state index in [2.05, 4.69) is 31.5 Å². The molecule has 0 saturated carbocycles. The lowest BCUT2D eigenvalue weighted by atomic mass is 10.0. The molecule has 9 nitrogen and oxygen atoms in total. The summed E-state index contributed by atoms with van der Waals surface area (Å²) in [6.45, 7) is 0. The van der Waals surface area contributed by atoms with Crippen molar-refractivity contribution in [3.8, 4) is 11.1 Å². The minimum absolute atomic E-state index is 0.175. The number of ether oxygens (including phenoxy) is 1. The van der Waals surface area contributed by atoms with Crippen molar-refractivity contribution < 1.29 is 27.5 Å². The standard InChI is InChI=1S/C24H22BrN3O6S/c1-34-24(31)19(13-22(29)28-21-12-11-17(25)14-26-21)27-23(30)16-9-7-15(8-10-16)18-5-3-4-6-20(18)35(2,32)33/h3-12,14,19H,13H2,1-2H3,(H,27,30)(H,26,28,29). The SMILES string of the molecule is COC(=O)C(CC(=O)Nc1ccc(Br)cn1)NC(=O)c1ccc(-c2ccccc2S(C)(=O)=O)cc1. The van der Waals surface area contributed by atoms with Crippen LogP contribution in [0.5, 0.6) is 0 Å². The maximum atomic E-state index is 12.8. The second-order valence-electron chi connectivity index (χ2n) is 7.51. The molecular formula is C24H22BrN3O6S. The molecule has 0 aliphatic rings. The molecule has 0 radical (unpaired) electrons. The molecular weight excluding hydrogens is 538 g/mol. The number of rotatable bonds is 8. The zero-order chi connectivity index (χ0) is 25.6. The van der Waals surface area contributed by atoms with Crippen LogP contribution in [0.25, 0.3) is 11.1 Å². The van der Waals surface area contributed by atoms with Gasteiger partial charge in [-0.15, -0.1) is 0 Å². The average Bonchev–Trinajstić information content (AvgIpc) is 2.84. The molecule has 0 bridgehead atoms. The van der Waals surface area contributed by atoms with Gasteiger partial charge in [0, 0.05) is 28.1 Å². The predicted octanol–water partition coefficient (Wildman–Crippen LogP) is 3.21. The molecule has 2 N–H and O–H groups in total. The summed E-state index contributed by atoms with van der Waals surface area (Å²) in [7, 11) is -2.29. The summed E-state index contributed by atoms with van der Waals surface area (Å²) in [4.78, 5) is 41.5. The first-order valence-corrected chi connectivity index (χ1v) is 13.0. The minimum atomic E-state index is -3.45. The van der Waals surface area contributed by atoms with Crippen molar-refractivity contribution in [2.75, 3.05) is 18.7 Å². The van der Waals surface area contributed by atoms with Crippen LogP contribution in [0, 0.1) is 0 Å². The van der Waals surface area contributed by atoms with Gasteiger partial charge in [0.25, 0.3) is 5.91 Å². The molecule has 1 unspecified atom stereocenters. The quantitative estimate of drug-likeness (QED) is 0.405. The number of esters is 1. The Balaban J connectivity index is 1.73. The fraction of sp³-hybridized carbons (Fsp3) is 0.167. The summed E-state index contributed by atoms with van der Waals surface area (Å²) in [5, 5.41) is 5.06. The van der Waals surface area contributed by atoms with Crippen LogP contribution in [0.15, 0.2) is 76.2 Å². The Hall–Kier alpha value is -3.57. The van der Waals surface area contributed by atoms with Gasteiger partial charge in [0.05, 0.1) is 18.4 Å². The number of hydrogen-bond donors (Lipinski definition) is 2. The molecule has 11 heteroatoms. The normalized spacial score (nSPS) is 11.9. The molecule has 182 valence electrons. The van der Waals surface area contributed by atoms with Gasteiger partial charge >= 0.3 is 5.97 Å². The fourth-order valence-electron chi connectivity index (χ4n) is 3.24. The van der Waals surface area contributed by atoms with Crippen molar-refractivity contribution in [2.45, 2.75) is 17.4 Å². The van der Waals surface area contributed by atoms with Gasteiger partial charge in [-0.25, -0.2) is 18.2 Å². The number of aromatic nitrogens is 1. The second-order valence-corrected chi connectivity index (χ2v) is 10.4. The molecule has 35 heavy (non-hydrogen) atoms. The van der Waals surface area contributed by atoms with Gasteiger partial charge in [-0.3, -0.25) is 9.59 Å². The highest BCUT2D eigenvalue weighted by molar-refractivity contribution is 9.10. The second kappa shape index (κ2) is 11.2. The molecule has 1 heterocycles. The highest BCUT2D eigenvalue weighted by Crippen LogP contribution is 2.27. The number of anilines is 1. The topological polar surface area (TPSA) is 132 Å². The number of halogens is 1. The number of carbonyl (C=O) groups is 3. The number of sulfone groups is 1. The number of amides is 2. The molecule has 2 amide bonds. The molecule has 0 spiro atoms. The lowest BCUT2D eigenvalue weighted by molar-refractivity contribution is -0.144. The summed E-state index contributed by atoms with van der Waals surface area (Å²) in [5.74, 6) is -1.63. The zero-order valence-corrected chi connectivity index (χ0v) is 21.2. The Bertz CT molecular complexity index is 1340. The highest BCUT2D eigenvalue weighted by Gasteiger charge is 2.25. The van der Waals surface area contributed by atoms with E-state index >= 15 is 0 Å². The monoisotopic (exact) mass is 559 g/mol. The molecule has 3 aromatic rings. The number of methoxy groups -OCH3 is 1. The van der Waals surface area contributed by atoms with Crippen LogP contribution in [-0.4, -0.2) is 50.6 Å². The number of carbonyl (C=O) groups excluding carboxylic acids is 3. The van der Waals surface area contributed by atoms with E-state index in [9.17, 15) is 22.8 Å². The Morgan fingerprint density at radius 3 is 2.31 bits per heavy atom. The predicted molar refractivity (Wildman–Crippen MR) is 133 cm³/mol. The minimum Gasteiger partial charge on any atom is -0.467 e. The van der Waals surface area contributed by atoms with Crippen molar-refractivity contribution in [3.63, 3.8) is 0 Å². The lowest BCUT2D eigenvalue weighted by Gasteiger charge is -2.16. The molecule has 0 aliphatic carbocycles. The van der Waals surface area contributed by atoms with Crippen molar-refractivity contribution >= 4 is 49.4 Å². The first-order valence-electron chi connectivity index (χ1n) is 10.3. The zero-order valence-electron chi connectivity index (χ0n) is 18.8. The molecule has 2 aromatic carbocycles. The number of nitrogens with zero attached hydrogens (tertiary/aromatic N) is 1. The molecule has 1 aromatic heterocycles. The summed E-state index contributed by atoms with van der Waals surface area (Å²) >= 11 is 3.25. The van der Waals surface area contributed by atoms with Crippen LogP contribution < -0.4 is 10.6 Å². The van der Waals surface area contributed by atoms with Crippen LogP contribution in [0.2, 0.25) is 0 Å². The maximum Gasteiger partial charge on any atom is 0.328 e. The van der Waals surface area contributed by atoms with Gasteiger partial charge in [0.1, 0.15) is 11.9 Å². The van der Waals surface area contributed by atoms with E-state index in [0.717, 1.165) is 17.8 Å². The van der Waals surface area contributed by atoms with Crippen molar-refractivity contribution in [3.05, 3.63) is 76.9 Å². The van der Waals surface area contributed by atoms with Crippen molar-refractivity contribution in [1.82, 2.24) is 10.3 Å². The number of hydrogen-bond acceptors (Lipinski definition) is 7. The van der Waals surface area contributed by atoms with Crippen LogP contribution in [0.3, 0.4) is 0 Å². The van der Waals surface area contributed by atoms with E-state index in [-0.39, 0.29) is 22.7 Å². The molecule has 0 saturated heterocycles. The number of pyridine rings is 1. The summed E-state index contributed by atoms with van der Waals surface area (Å²) < 4.78 is 29.6. The summed E-state index contributed by atoms with van der Waals surface area (Å²) in [6.07, 6.45) is 2.27. The molecule has 3 rings (SSSR count). The lowest BCUT2D eigenvalue weighted by Crippen LogP contribution is -2.43. The molecule has 0 fully saturated rings. The van der Waals surface area contributed by atoms with E-state index in [1.807, 2.05) is 0 Å². The van der Waals surface area contributed by atoms with Crippen LogP contribution in [0.4, 0.5) is 5.82 Å².